The molecule has 2 unspecified atom stereocenters. The zero-order valence-corrected chi connectivity index (χ0v) is 13.4. The van der Waals surface area contributed by atoms with Gasteiger partial charge in [-0.05, 0) is 44.6 Å². The minimum absolute atomic E-state index is 0. The maximum Gasteiger partial charge on any atom is 0.243 e. The Bertz CT molecular complexity index is 471. The summed E-state index contributed by atoms with van der Waals surface area (Å²) < 4.78 is 0. The number of carbonyl (C=O) groups excluding carboxylic acids is 1. The highest BCUT2D eigenvalue weighted by molar-refractivity contribution is 7.15. The van der Waals surface area contributed by atoms with Crippen molar-refractivity contribution < 1.29 is 4.79 Å². The van der Waals surface area contributed by atoms with Crippen LogP contribution in [0, 0.1) is 5.92 Å². The van der Waals surface area contributed by atoms with Gasteiger partial charge < -0.3 is 10.6 Å². The van der Waals surface area contributed by atoms with Gasteiger partial charge in [0.05, 0.1) is 11.7 Å². The standard InChI is InChI=1S/C14H21N3OS.ClH/c1-2-9-5-6-10-12(8-9)19-14(16-10)17-13(18)11-4-3-7-15-11;/h9,11,15H,2-8H2,1H3,(H,16,17,18);1H. The van der Waals surface area contributed by atoms with Crippen molar-refractivity contribution in [2.75, 3.05) is 11.9 Å². The third-order valence-corrected chi connectivity index (χ3v) is 5.26. The molecule has 2 aliphatic rings. The van der Waals surface area contributed by atoms with Gasteiger partial charge in [0.2, 0.25) is 5.91 Å². The normalized spacial score (nSPS) is 24.9. The molecule has 0 saturated carbocycles. The number of carbonyl (C=O) groups is 1. The van der Waals surface area contributed by atoms with E-state index < -0.39 is 0 Å². The fourth-order valence-corrected chi connectivity index (χ4v) is 4.07. The Morgan fingerprint density at radius 3 is 3.05 bits per heavy atom. The van der Waals surface area contributed by atoms with Gasteiger partial charge >= 0.3 is 0 Å². The fraction of sp³-hybridized carbons (Fsp3) is 0.714. The molecule has 6 heteroatoms. The van der Waals surface area contributed by atoms with Crippen molar-refractivity contribution in [2.24, 2.45) is 5.92 Å². The lowest BCUT2D eigenvalue weighted by molar-refractivity contribution is -0.117. The molecule has 1 aromatic rings. The number of aryl methyl sites for hydroxylation is 1. The summed E-state index contributed by atoms with van der Waals surface area (Å²) in [6.45, 7) is 3.20. The molecule has 2 N–H and O–H groups in total. The average molecular weight is 316 g/mol. The van der Waals surface area contributed by atoms with E-state index in [2.05, 4.69) is 22.5 Å². The molecule has 0 radical (unpaired) electrons. The van der Waals surface area contributed by atoms with Gasteiger partial charge in [-0.2, -0.15) is 0 Å². The van der Waals surface area contributed by atoms with E-state index in [-0.39, 0.29) is 24.4 Å². The minimum Gasteiger partial charge on any atom is -0.306 e. The smallest absolute Gasteiger partial charge is 0.243 e. The summed E-state index contributed by atoms with van der Waals surface area (Å²) in [6.07, 6.45) is 6.72. The largest absolute Gasteiger partial charge is 0.306 e. The quantitative estimate of drug-likeness (QED) is 0.902. The van der Waals surface area contributed by atoms with Crippen molar-refractivity contribution in [1.82, 2.24) is 10.3 Å². The van der Waals surface area contributed by atoms with E-state index >= 15 is 0 Å². The molecule has 1 fully saturated rings. The minimum atomic E-state index is -0.0238. The highest BCUT2D eigenvalue weighted by Gasteiger charge is 2.25. The van der Waals surface area contributed by atoms with Crippen molar-refractivity contribution in [3.05, 3.63) is 10.6 Å². The van der Waals surface area contributed by atoms with Crippen molar-refractivity contribution in [3.8, 4) is 0 Å². The number of halogens is 1. The number of fused-ring (bicyclic) bond motifs is 1. The first-order valence-electron chi connectivity index (χ1n) is 7.29. The summed E-state index contributed by atoms with van der Waals surface area (Å²) >= 11 is 1.67. The highest BCUT2D eigenvalue weighted by Crippen LogP contribution is 2.33. The molecule has 1 amide bonds. The molecule has 1 aromatic heterocycles. The van der Waals surface area contributed by atoms with Crippen LogP contribution < -0.4 is 10.6 Å². The Hall–Kier alpha value is -0.650. The van der Waals surface area contributed by atoms with Crippen LogP contribution in [0.2, 0.25) is 0 Å². The summed E-state index contributed by atoms with van der Waals surface area (Å²) in [7, 11) is 0. The second-order valence-electron chi connectivity index (χ2n) is 5.54. The Labute approximate surface area is 130 Å². The number of amides is 1. The Morgan fingerprint density at radius 1 is 1.50 bits per heavy atom. The molecule has 2 atom stereocenters. The van der Waals surface area contributed by atoms with Gasteiger partial charge in [0.25, 0.3) is 0 Å². The van der Waals surface area contributed by atoms with Crippen LogP contribution in [0.4, 0.5) is 5.13 Å². The Kier molecular flexibility index (Phi) is 5.41. The monoisotopic (exact) mass is 315 g/mol. The van der Waals surface area contributed by atoms with Crippen LogP contribution in [0.3, 0.4) is 0 Å². The lowest BCUT2D eigenvalue weighted by atomic mass is 9.89. The molecule has 0 aromatic carbocycles. The van der Waals surface area contributed by atoms with Crippen molar-refractivity contribution in [3.63, 3.8) is 0 Å². The van der Waals surface area contributed by atoms with Gasteiger partial charge in [0.1, 0.15) is 0 Å². The van der Waals surface area contributed by atoms with Crippen LogP contribution in [0.25, 0.3) is 0 Å². The predicted octanol–water partition coefficient (Wildman–Crippen LogP) is 2.77. The lowest BCUT2D eigenvalue weighted by Gasteiger charge is -2.18. The van der Waals surface area contributed by atoms with Crippen molar-refractivity contribution >= 4 is 34.8 Å². The maximum atomic E-state index is 12.0. The van der Waals surface area contributed by atoms with Gasteiger partial charge in [0.15, 0.2) is 5.13 Å². The van der Waals surface area contributed by atoms with Gasteiger partial charge in [-0.3, -0.25) is 4.79 Å². The fourth-order valence-electron chi connectivity index (χ4n) is 2.95. The topological polar surface area (TPSA) is 54.0 Å². The molecule has 1 saturated heterocycles. The Balaban J connectivity index is 0.00000147. The average Bonchev–Trinajstić information content (AvgIpc) is 3.06. The number of rotatable bonds is 3. The van der Waals surface area contributed by atoms with Crippen LogP contribution >= 0.6 is 23.7 Å². The van der Waals surface area contributed by atoms with Crippen LogP contribution in [-0.4, -0.2) is 23.5 Å². The molecule has 20 heavy (non-hydrogen) atoms. The van der Waals surface area contributed by atoms with Crippen molar-refractivity contribution in [1.29, 1.82) is 0 Å². The van der Waals surface area contributed by atoms with E-state index in [9.17, 15) is 4.79 Å². The van der Waals surface area contributed by atoms with Gasteiger partial charge in [-0.25, -0.2) is 4.98 Å². The SMILES string of the molecule is CCC1CCc2nc(NC(=O)C3CCCN3)sc2C1.Cl. The lowest BCUT2D eigenvalue weighted by Crippen LogP contribution is -2.35. The molecule has 2 heterocycles. The van der Waals surface area contributed by atoms with E-state index in [1.54, 1.807) is 11.3 Å². The summed E-state index contributed by atoms with van der Waals surface area (Å²) in [4.78, 5) is 18.0. The van der Waals surface area contributed by atoms with Crippen LogP contribution in [0.15, 0.2) is 0 Å². The predicted molar refractivity (Wildman–Crippen MR) is 84.8 cm³/mol. The van der Waals surface area contributed by atoms with E-state index in [0.29, 0.717) is 0 Å². The number of thiazole rings is 1. The molecule has 3 rings (SSSR count). The second kappa shape index (κ2) is 6.87. The van der Waals surface area contributed by atoms with E-state index in [4.69, 9.17) is 0 Å². The van der Waals surface area contributed by atoms with E-state index in [0.717, 1.165) is 43.3 Å². The molecular weight excluding hydrogens is 294 g/mol. The van der Waals surface area contributed by atoms with Crippen LogP contribution in [0.5, 0.6) is 0 Å². The molecule has 4 nitrogen and oxygen atoms in total. The van der Waals surface area contributed by atoms with E-state index in [1.165, 1.54) is 23.4 Å². The summed E-state index contributed by atoms with van der Waals surface area (Å²) in [5.41, 5.74) is 1.21. The summed E-state index contributed by atoms with van der Waals surface area (Å²) in [5, 5.41) is 6.99. The first-order valence-corrected chi connectivity index (χ1v) is 8.10. The first kappa shape index (κ1) is 15.7. The number of hydrogen-bond donors (Lipinski definition) is 2. The summed E-state index contributed by atoms with van der Waals surface area (Å²) in [5.74, 6) is 0.878. The zero-order valence-electron chi connectivity index (χ0n) is 11.8. The maximum absolute atomic E-state index is 12.0. The second-order valence-corrected chi connectivity index (χ2v) is 6.63. The molecule has 1 aliphatic carbocycles. The number of hydrogen-bond acceptors (Lipinski definition) is 4. The first-order chi connectivity index (χ1) is 9.26. The third kappa shape index (κ3) is 3.32. The number of nitrogens with one attached hydrogen (secondary N) is 2. The highest BCUT2D eigenvalue weighted by atomic mass is 35.5. The molecule has 0 spiro atoms. The molecule has 1 aliphatic heterocycles. The molecule has 112 valence electrons. The van der Waals surface area contributed by atoms with E-state index in [1.807, 2.05) is 0 Å². The van der Waals surface area contributed by atoms with Crippen LogP contribution in [0.1, 0.15) is 43.2 Å². The van der Waals surface area contributed by atoms with Gasteiger partial charge in [0, 0.05) is 4.88 Å². The molecule has 0 bridgehead atoms. The molecular formula is C14H22ClN3OS. The number of aromatic nitrogens is 1. The zero-order chi connectivity index (χ0) is 13.2. The summed E-state index contributed by atoms with van der Waals surface area (Å²) in [6, 6.07) is -0.0238. The van der Waals surface area contributed by atoms with Gasteiger partial charge in [-0.15, -0.1) is 23.7 Å². The number of anilines is 1. The third-order valence-electron chi connectivity index (χ3n) is 4.23. The van der Waals surface area contributed by atoms with Gasteiger partial charge in [-0.1, -0.05) is 13.3 Å². The number of nitrogens with zero attached hydrogens (tertiary/aromatic N) is 1. The van der Waals surface area contributed by atoms with Crippen molar-refractivity contribution in [2.45, 2.75) is 51.5 Å². The Morgan fingerprint density at radius 2 is 2.35 bits per heavy atom. The van der Waals surface area contributed by atoms with Crippen LogP contribution in [-0.2, 0) is 17.6 Å².